The van der Waals surface area contributed by atoms with E-state index in [0.717, 1.165) is 33.3 Å². The summed E-state index contributed by atoms with van der Waals surface area (Å²) in [5.41, 5.74) is 7.18. The van der Waals surface area contributed by atoms with Crippen molar-refractivity contribution in [3.8, 4) is 0 Å². The summed E-state index contributed by atoms with van der Waals surface area (Å²) in [6.45, 7) is 3.99. The molecule has 0 fully saturated rings. The monoisotopic (exact) mass is 278 g/mol. The molecule has 3 aromatic rings. The lowest BCUT2D eigenvalue weighted by Crippen LogP contribution is -2.29. The van der Waals surface area contributed by atoms with E-state index in [1.54, 1.807) is 0 Å². The van der Waals surface area contributed by atoms with Gasteiger partial charge in [-0.3, -0.25) is 15.8 Å². The number of aromatic nitrogens is 2. The molecule has 4 heteroatoms. The van der Waals surface area contributed by atoms with Crippen LogP contribution in [-0.4, -0.2) is 9.97 Å². The summed E-state index contributed by atoms with van der Waals surface area (Å²) in [7, 11) is 0. The standard InChI is InChI=1S/C17H18N4/c1-11-8-14(9-12(2)20-11)17(21-18)16-5-3-4-13-10-19-7-6-15(13)16/h3-10,17,21H,18H2,1-2H3. The maximum atomic E-state index is 5.84. The second-order valence-electron chi connectivity index (χ2n) is 5.23. The number of hydrogen-bond donors (Lipinski definition) is 2. The number of hydrazine groups is 1. The van der Waals surface area contributed by atoms with Crippen molar-refractivity contribution in [3.63, 3.8) is 0 Å². The summed E-state index contributed by atoms with van der Waals surface area (Å²) < 4.78 is 0. The van der Waals surface area contributed by atoms with Crippen molar-refractivity contribution >= 4 is 10.8 Å². The normalized spacial score (nSPS) is 12.5. The van der Waals surface area contributed by atoms with Crippen molar-refractivity contribution in [1.82, 2.24) is 15.4 Å². The van der Waals surface area contributed by atoms with Gasteiger partial charge in [0.1, 0.15) is 0 Å². The molecular weight excluding hydrogens is 260 g/mol. The molecule has 1 aromatic carbocycles. The SMILES string of the molecule is Cc1cc(C(NN)c2cccc3cnccc23)cc(C)n1. The van der Waals surface area contributed by atoms with E-state index in [0.29, 0.717) is 0 Å². The molecule has 0 aliphatic heterocycles. The van der Waals surface area contributed by atoms with Crippen LogP contribution in [0.4, 0.5) is 0 Å². The van der Waals surface area contributed by atoms with E-state index in [2.05, 4.69) is 39.7 Å². The van der Waals surface area contributed by atoms with Gasteiger partial charge in [0.15, 0.2) is 0 Å². The fraction of sp³-hybridized carbons (Fsp3) is 0.176. The first kappa shape index (κ1) is 13.7. The van der Waals surface area contributed by atoms with Gasteiger partial charge in [0.2, 0.25) is 0 Å². The third-order valence-corrected chi connectivity index (χ3v) is 3.63. The second kappa shape index (κ2) is 5.60. The van der Waals surface area contributed by atoms with Gasteiger partial charge in [-0.15, -0.1) is 0 Å². The lowest BCUT2D eigenvalue weighted by atomic mass is 9.94. The lowest BCUT2D eigenvalue weighted by molar-refractivity contribution is 0.638. The minimum absolute atomic E-state index is 0.0727. The van der Waals surface area contributed by atoms with Crippen LogP contribution in [0.5, 0.6) is 0 Å². The van der Waals surface area contributed by atoms with Crippen molar-refractivity contribution in [2.75, 3.05) is 0 Å². The summed E-state index contributed by atoms with van der Waals surface area (Å²) in [6, 6.07) is 12.3. The summed E-state index contributed by atoms with van der Waals surface area (Å²) in [6.07, 6.45) is 3.68. The molecular formula is C17H18N4. The van der Waals surface area contributed by atoms with E-state index < -0.39 is 0 Å². The average molecular weight is 278 g/mol. The number of rotatable bonds is 3. The number of nitrogens with zero attached hydrogens (tertiary/aromatic N) is 2. The molecule has 3 N–H and O–H groups in total. The van der Waals surface area contributed by atoms with Gasteiger partial charge in [0.05, 0.1) is 6.04 Å². The Labute approximate surface area is 124 Å². The average Bonchev–Trinajstić information content (AvgIpc) is 2.47. The Bertz CT molecular complexity index is 757. The third-order valence-electron chi connectivity index (χ3n) is 3.63. The predicted octanol–water partition coefficient (Wildman–Crippen LogP) is 2.80. The van der Waals surface area contributed by atoms with E-state index in [-0.39, 0.29) is 6.04 Å². The maximum absolute atomic E-state index is 5.84. The van der Waals surface area contributed by atoms with E-state index in [1.165, 1.54) is 0 Å². The highest BCUT2D eigenvalue weighted by Crippen LogP contribution is 2.28. The Morgan fingerprint density at radius 3 is 2.57 bits per heavy atom. The number of benzene rings is 1. The number of nitrogens with two attached hydrogens (primary N) is 1. The van der Waals surface area contributed by atoms with Gasteiger partial charge in [0.25, 0.3) is 0 Å². The van der Waals surface area contributed by atoms with Crippen LogP contribution >= 0.6 is 0 Å². The molecule has 2 aromatic heterocycles. The fourth-order valence-electron chi connectivity index (χ4n) is 2.80. The number of pyridine rings is 2. The van der Waals surface area contributed by atoms with Crippen LogP contribution in [0, 0.1) is 13.8 Å². The van der Waals surface area contributed by atoms with Gasteiger partial charge in [-0.05, 0) is 48.6 Å². The minimum Gasteiger partial charge on any atom is -0.271 e. The molecule has 0 bridgehead atoms. The molecule has 1 unspecified atom stereocenters. The molecule has 1 atom stereocenters. The Morgan fingerprint density at radius 2 is 1.86 bits per heavy atom. The van der Waals surface area contributed by atoms with E-state index in [9.17, 15) is 0 Å². The Kier molecular flexibility index (Phi) is 3.64. The molecule has 0 radical (unpaired) electrons. The van der Waals surface area contributed by atoms with Gasteiger partial charge in [0, 0.05) is 29.2 Å². The fourth-order valence-corrected chi connectivity index (χ4v) is 2.80. The number of fused-ring (bicyclic) bond motifs is 1. The third kappa shape index (κ3) is 2.63. The van der Waals surface area contributed by atoms with Crippen LogP contribution in [0.3, 0.4) is 0 Å². The van der Waals surface area contributed by atoms with Crippen LogP contribution < -0.4 is 11.3 Å². The van der Waals surface area contributed by atoms with Crippen molar-refractivity contribution < 1.29 is 0 Å². The zero-order valence-electron chi connectivity index (χ0n) is 12.2. The molecule has 0 spiro atoms. The number of nitrogens with one attached hydrogen (secondary N) is 1. The predicted molar refractivity (Wildman–Crippen MR) is 84.6 cm³/mol. The lowest BCUT2D eigenvalue weighted by Gasteiger charge is -2.19. The van der Waals surface area contributed by atoms with Gasteiger partial charge in [-0.25, -0.2) is 5.43 Å². The second-order valence-corrected chi connectivity index (χ2v) is 5.23. The van der Waals surface area contributed by atoms with Crippen LogP contribution in [0.15, 0.2) is 48.8 Å². The Morgan fingerprint density at radius 1 is 1.10 bits per heavy atom. The van der Waals surface area contributed by atoms with Gasteiger partial charge < -0.3 is 0 Å². The van der Waals surface area contributed by atoms with E-state index in [4.69, 9.17) is 5.84 Å². The highest BCUT2D eigenvalue weighted by Gasteiger charge is 2.16. The van der Waals surface area contributed by atoms with Gasteiger partial charge in [-0.1, -0.05) is 18.2 Å². The van der Waals surface area contributed by atoms with Gasteiger partial charge in [-0.2, -0.15) is 0 Å². The number of hydrogen-bond acceptors (Lipinski definition) is 4. The minimum atomic E-state index is -0.0727. The molecule has 0 aliphatic carbocycles. The maximum Gasteiger partial charge on any atom is 0.0717 e. The largest absolute Gasteiger partial charge is 0.271 e. The van der Waals surface area contributed by atoms with Crippen molar-refractivity contribution in [2.24, 2.45) is 5.84 Å². The van der Waals surface area contributed by atoms with Crippen LogP contribution in [0.1, 0.15) is 28.6 Å². The molecule has 21 heavy (non-hydrogen) atoms. The summed E-state index contributed by atoms with van der Waals surface area (Å²) in [5.74, 6) is 5.84. The first-order valence-electron chi connectivity index (χ1n) is 6.93. The van der Waals surface area contributed by atoms with Crippen LogP contribution in [-0.2, 0) is 0 Å². The van der Waals surface area contributed by atoms with Crippen molar-refractivity contribution in [2.45, 2.75) is 19.9 Å². The van der Waals surface area contributed by atoms with E-state index in [1.807, 2.05) is 38.4 Å². The highest BCUT2D eigenvalue weighted by atomic mass is 15.2. The van der Waals surface area contributed by atoms with Crippen LogP contribution in [0.2, 0.25) is 0 Å². The quantitative estimate of drug-likeness (QED) is 0.571. The first-order chi connectivity index (χ1) is 10.2. The molecule has 3 rings (SSSR count). The zero-order chi connectivity index (χ0) is 14.8. The zero-order valence-corrected chi connectivity index (χ0v) is 12.2. The first-order valence-corrected chi connectivity index (χ1v) is 6.93. The number of aryl methyl sites for hydroxylation is 2. The molecule has 0 aliphatic rings. The topological polar surface area (TPSA) is 63.8 Å². The summed E-state index contributed by atoms with van der Waals surface area (Å²) >= 11 is 0. The molecule has 106 valence electrons. The van der Waals surface area contributed by atoms with Crippen LogP contribution in [0.25, 0.3) is 10.8 Å². The molecule has 0 saturated heterocycles. The van der Waals surface area contributed by atoms with Crippen molar-refractivity contribution in [3.05, 3.63) is 71.3 Å². The Hall–Kier alpha value is -2.30. The molecule has 0 amide bonds. The smallest absolute Gasteiger partial charge is 0.0717 e. The highest BCUT2D eigenvalue weighted by molar-refractivity contribution is 5.85. The van der Waals surface area contributed by atoms with Gasteiger partial charge >= 0.3 is 0 Å². The van der Waals surface area contributed by atoms with E-state index >= 15 is 0 Å². The molecule has 4 nitrogen and oxygen atoms in total. The molecule has 0 saturated carbocycles. The molecule has 2 heterocycles. The summed E-state index contributed by atoms with van der Waals surface area (Å²) in [5, 5.41) is 2.26. The van der Waals surface area contributed by atoms with Crippen molar-refractivity contribution in [1.29, 1.82) is 0 Å². The Balaban J connectivity index is 2.18. The summed E-state index contributed by atoms with van der Waals surface area (Å²) in [4.78, 5) is 8.61.